The summed E-state index contributed by atoms with van der Waals surface area (Å²) in [4.78, 5) is 0. The van der Waals surface area contributed by atoms with E-state index in [1.54, 1.807) is 0 Å². The van der Waals surface area contributed by atoms with Crippen LogP contribution in [0.2, 0.25) is 0 Å². The van der Waals surface area contributed by atoms with Crippen LogP contribution in [0, 0.1) is 12.8 Å². The normalized spacial score (nSPS) is 22.1. The molecular formula is C7H16In. The fourth-order valence-electron chi connectivity index (χ4n) is 1.19. The van der Waals surface area contributed by atoms with Crippen molar-refractivity contribution in [1.29, 1.82) is 0 Å². The maximum absolute atomic E-state index is 4.00. The molecule has 1 aliphatic carbocycles. The first-order valence-corrected chi connectivity index (χ1v) is 3.22. The van der Waals surface area contributed by atoms with Crippen molar-refractivity contribution in [3.63, 3.8) is 0 Å². The molecule has 0 nitrogen and oxygen atoms in total. The van der Waals surface area contributed by atoms with Crippen molar-refractivity contribution in [3.05, 3.63) is 6.92 Å². The molecule has 0 aromatic carbocycles. The first-order chi connectivity index (χ1) is 3.39. The number of rotatable bonds is 0. The van der Waals surface area contributed by atoms with Crippen molar-refractivity contribution in [2.24, 2.45) is 5.92 Å². The number of hydrogen-bond acceptors (Lipinski definition) is 0. The van der Waals surface area contributed by atoms with Gasteiger partial charge in [-0.05, 0) is 5.92 Å². The average molecular weight is 215 g/mol. The minimum atomic E-state index is 0. The second kappa shape index (κ2) is 4.72. The van der Waals surface area contributed by atoms with Crippen LogP contribution < -0.4 is 0 Å². The Bertz CT molecular complexity index is 46.3. The quantitative estimate of drug-likeness (QED) is 0.569. The Morgan fingerprint density at radius 2 is 1.50 bits per heavy atom. The summed E-state index contributed by atoms with van der Waals surface area (Å²) >= 11 is 0. The predicted molar refractivity (Wildman–Crippen MR) is 41.9 cm³/mol. The molecule has 0 heterocycles. The molecule has 0 unspecified atom stereocenters. The van der Waals surface area contributed by atoms with Gasteiger partial charge in [-0.25, -0.2) is 0 Å². The molecule has 0 aromatic heterocycles. The van der Waals surface area contributed by atoms with Gasteiger partial charge in [-0.2, -0.15) is 0 Å². The summed E-state index contributed by atoms with van der Waals surface area (Å²) in [7, 11) is 0. The van der Waals surface area contributed by atoms with Crippen LogP contribution in [0.1, 0.15) is 32.1 Å². The van der Waals surface area contributed by atoms with E-state index < -0.39 is 0 Å². The molecule has 0 spiro atoms. The van der Waals surface area contributed by atoms with Gasteiger partial charge in [-0.15, -0.1) is 0 Å². The molecule has 8 heavy (non-hydrogen) atoms. The maximum atomic E-state index is 4.00. The molecule has 47 valence electrons. The molecule has 1 fully saturated rings. The molecule has 1 radical (unpaired) electrons. The topological polar surface area (TPSA) is 0 Å². The van der Waals surface area contributed by atoms with Crippen LogP contribution in [0.4, 0.5) is 0 Å². The van der Waals surface area contributed by atoms with Gasteiger partial charge in [0.1, 0.15) is 0 Å². The van der Waals surface area contributed by atoms with Crippen molar-refractivity contribution >= 4 is 25.8 Å². The first-order valence-electron chi connectivity index (χ1n) is 3.22. The van der Waals surface area contributed by atoms with Crippen LogP contribution in [-0.2, 0) is 0 Å². The van der Waals surface area contributed by atoms with E-state index in [0.29, 0.717) is 0 Å². The predicted octanol–water partition coefficient (Wildman–Crippen LogP) is 1.22. The Labute approximate surface area is 70.8 Å². The van der Waals surface area contributed by atoms with Gasteiger partial charge in [0.15, 0.2) is 0 Å². The summed E-state index contributed by atoms with van der Waals surface area (Å²) in [6.45, 7) is 4.00. The molecular weight excluding hydrogens is 199 g/mol. The van der Waals surface area contributed by atoms with Gasteiger partial charge in [0, 0.05) is 0 Å². The zero-order chi connectivity index (χ0) is 5.11. The van der Waals surface area contributed by atoms with Crippen molar-refractivity contribution in [2.45, 2.75) is 32.1 Å². The fourth-order valence-corrected chi connectivity index (χ4v) is 1.19. The molecule has 0 aliphatic heterocycles. The van der Waals surface area contributed by atoms with Gasteiger partial charge in [-0.3, -0.25) is 0 Å². The molecule has 1 aliphatic rings. The molecule has 1 heteroatoms. The van der Waals surface area contributed by atoms with Gasteiger partial charge in [0.2, 0.25) is 0 Å². The van der Waals surface area contributed by atoms with Crippen LogP contribution in [0.5, 0.6) is 0 Å². The SMILES string of the molecule is [CH2]C1CCCCC1.[InH3]. The molecule has 0 amide bonds. The van der Waals surface area contributed by atoms with E-state index in [2.05, 4.69) is 6.92 Å². The average Bonchev–Trinajstić information content (AvgIpc) is 1.69. The van der Waals surface area contributed by atoms with E-state index in [1.807, 2.05) is 0 Å². The van der Waals surface area contributed by atoms with Crippen LogP contribution in [0.15, 0.2) is 0 Å². The number of hydrogen-bond donors (Lipinski definition) is 0. The summed E-state index contributed by atoms with van der Waals surface area (Å²) in [5.74, 6) is 0.786. The van der Waals surface area contributed by atoms with E-state index in [9.17, 15) is 0 Å². The molecule has 0 saturated heterocycles. The van der Waals surface area contributed by atoms with Gasteiger partial charge < -0.3 is 0 Å². The summed E-state index contributed by atoms with van der Waals surface area (Å²) < 4.78 is 0. The van der Waals surface area contributed by atoms with E-state index in [0.717, 1.165) is 5.92 Å². The Morgan fingerprint density at radius 1 is 1.00 bits per heavy atom. The van der Waals surface area contributed by atoms with Crippen molar-refractivity contribution in [3.8, 4) is 0 Å². The Balaban J connectivity index is 0.000000490. The Morgan fingerprint density at radius 3 is 1.75 bits per heavy atom. The van der Waals surface area contributed by atoms with Gasteiger partial charge in [0.05, 0.1) is 0 Å². The van der Waals surface area contributed by atoms with Crippen LogP contribution in [0.3, 0.4) is 0 Å². The van der Waals surface area contributed by atoms with Gasteiger partial charge >= 0.3 is 25.8 Å². The first kappa shape index (κ1) is 8.87. The van der Waals surface area contributed by atoms with Crippen LogP contribution >= 0.6 is 0 Å². The standard InChI is InChI=1S/C7H13.In.3H/c1-7-5-3-2-4-6-7;;;;/h7H,1-6H2;;;;. The van der Waals surface area contributed by atoms with Crippen molar-refractivity contribution in [1.82, 2.24) is 0 Å². The minimum absolute atomic E-state index is 0. The molecule has 1 saturated carbocycles. The summed E-state index contributed by atoms with van der Waals surface area (Å²) in [6.07, 6.45) is 7.05. The fraction of sp³-hybridized carbons (Fsp3) is 0.857. The van der Waals surface area contributed by atoms with E-state index in [4.69, 9.17) is 0 Å². The molecule has 0 N–H and O–H groups in total. The van der Waals surface area contributed by atoms with Crippen LogP contribution in [-0.4, -0.2) is 25.8 Å². The Hall–Kier alpha value is 0.870. The van der Waals surface area contributed by atoms with Crippen molar-refractivity contribution in [2.75, 3.05) is 0 Å². The monoisotopic (exact) mass is 215 g/mol. The second-order valence-electron chi connectivity index (χ2n) is 2.50. The molecule has 0 aromatic rings. The summed E-state index contributed by atoms with van der Waals surface area (Å²) in [6, 6.07) is 0. The van der Waals surface area contributed by atoms with Gasteiger partial charge in [0.25, 0.3) is 0 Å². The van der Waals surface area contributed by atoms with Gasteiger partial charge in [-0.1, -0.05) is 39.0 Å². The second-order valence-corrected chi connectivity index (χ2v) is 2.50. The summed E-state index contributed by atoms with van der Waals surface area (Å²) in [5, 5.41) is 0. The van der Waals surface area contributed by atoms with E-state index >= 15 is 0 Å². The molecule has 0 atom stereocenters. The van der Waals surface area contributed by atoms with Crippen LogP contribution in [0.25, 0.3) is 0 Å². The molecule has 0 bridgehead atoms. The zero-order valence-corrected chi connectivity index (χ0v) is 4.82. The van der Waals surface area contributed by atoms with E-state index in [1.165, 1.54) is 32.1 Å². The third-order valence-electron chi connectivity index (χ3n) is 1.72. The summed E-state index contributed by atoms with van der Waals surface area (Å²) in [5.41, 5.74) is 0. The third kappa shape index (κ3) is 3.01. The Kier molecular flexibility index (Phi) is 5.23. The van der Waals surface area contributed by atoms with E-state index in [-0.39, 0.29) is 25.8 Å². The molecule has 1 rings (SSSR count). The zero-order valence-electron chi connectivity index (χ0n) is 4.82. The van der Waals surface area contributed by atoms with Crippen molar-refractivity contribution < 1.29 is 0 Å². The third-order valence-corrected chi connectivity index (χ3v) is 1.72.